The predicted molar refractivity (Wildman–Crippen MR) is 112 cm³/mol. The SMILES string of the molecule is CC.CNCCCCNCCCOC.CNCCCNCCCOC. The first-order chi connectivity index (χ1) is 12.3. The second-order valence-corrected chi connectivity index (χ2v) is 5.46. The lowest BCUT2D eigenvalue weighted by Crippen LogP contribution is -2.21. The Morgan fingerprint density at radius 1 is 0.520 bits per heavy atom. The van der Waals surface area contributed by atoms with E-state index in [2.05, 4.69) is 21.3 Å². The van der Waals surface area contributed by atoms with Gasteiger partial charge in [0.1, 0.15) is 0 Å². The molecular formula is C19H48N4O2. The smallest absolute Gasteiger partial charge is 0.0474 e. The summed E-state index contributed by atoms with van der Waals surface area (Å²) < 4.78 is 9.85. The molecule has 0 aliphatic heterocycles. The van der Waals surface area contributed by atoms with E-state index in [0.29, 0.717) is 0 Å². The Balaban J connectivity index is -0.000000353. The molecule has 0 radical (unpaired) electrons. The van der Waals surface area contributed by atoms with Crippen LogP contribution in [-0.4, -0.2) is 80.8 Å². The van der Waals surface area contributed by atoms with Gasteiger partial charge < -0.3 is 30.7 Å². The molecule has 0 saturated carbocycles. The van der Waals surface area contributed by atoms with Crippen molar-refractivity contribution in [3.63, 3.8) is 0 Å². The molecule has 0 aromatic carbocycles. The molecule has 0 bridgehead atoms. The van der Waals surface area contributed by atoms with Gasteiger partial charge in [0.2, 0.25) is 0 Å². The zero-order valence-corrected chi connectivity index (χ0v) is 18.0. The summed E-state index contributed by atoms with van der Waals surface area (Å²) in [5.74, 6) is 0. The molecule has 25 heavy (non-hydrogen) atoms. The van der Waals surface area contributed by atoms with Crippen LogP contribution < -0.4 is 21.3 Å². The number of hydrogen-bond donors (Lipinski definition) is 4. The van der Waals surface area contributed by atoms with Crippen LogP contribution in [0.15, 0.2) is 0 Å². The molecule has 0 saturated heterocycles. The van der Waals surface area contributed by atoms with Crippen LogP contribution in [0.2, 0.25) is 0 Å². The molecule has 0 unspecified atom stereocenters. The molecule has 156 valence electrons. The summed E-state index contributed by atoms with van der Waals surface area (Å²) in [5, 5.41) is 12.9. The first-order valence-corrected chi connectivity index (χ1v) is 10.0. The predicted octanol–water partition coefficient (Wildman–Crippen LogP) is 1.86. The molecule has 0 amide bonds. The van der Waals surface area contributed by atoms with Crippen molar-refractivity contribution in [3.8, 4) is 0 Å². The first kappa shape index (κ1) is 29.5. The van der Waals surface area contributed by atoms with Crippen molar-refractivity contribution in [1.29, 1.82) is 0 Å². The Morgan fingerprint density at radius 2 is 0.880 bits per heavy atom. The average Bonchev–Trinajstić information content (AvgIpc) is 2.65. The van der Waals surface area contributed by atoms with Crippen molar-refractivity contribution in [3.05, 3.63) is 0 Å². The summed E-state index contributed by atoms with van der Waals surface area (Å²) in [6.07, 6.45) is 5.93. The van der Waals surface area contributed by atoms with Gasteiger partial charge in [-0.15, -0.1) is 0 Å². The lowest BCUT2D eigenvalue weighted by atomic mass is 10.3. The maximum Gasteiger partial charge on any atom is 0.0474 e. The molecule has 0 fully saturated rings. The normalized spacial score (nSPS) is 9.84. The Labute approximate surface area is 158 Å². The van der Waals surface area contributed by atoms with Crippen molar-refractivity contribution in [2.45, 2.75) is 46.0 Å². The van der Waals surface area contributed by atoms with Crippen LogP contribution in [0, 0.1) is 0 Å². The molecule has 0 aliphatic carbocycles. The van der Waals surface area contributed by atoms with Crippen LogP contribution in [0.5, 0.6) is 0 Å². The molecular weight excluding hydrogens is 316 g/mol. The molecule has 0 spiro atoms. The van der Waals surface area contributed by atoms with E-state index in [0.717, 1.165) is 65.3 Å². The van der Waals surface area contributed by atoms with E-state index in [1.807, 2.05) is 27.9 Å². The van der Waals surface area contributed by atoms with Crippen LogP contribution in [0.3, 0.4) is 0 Å². The molecule has 0 rings (SSSR count). The minimum atomic E-state index is 0.860. The molecule has 0 atom stereocenters. The van der Waals surface area contributed by atoms with Gasteiger partial charge in [0.25, 0.3) is 0 Å². The second kappa shape index (κ2) is 35.0. The number of ether oxygens (including phenoxy) is 2. The summed E-state index contributed by atoms with van der Waals surface area (Å²) in [6.45, 7) is 12.3. The molecule has 6 nitrogen and oxygen atoms in total. The average molecular weight is 365 g/mol. The summed E-state index contributed by atoms with van der Waals surface area (Å²) in [6, 6.07) is 0. The van der Waals surface area contributed by atoms with Gasteiger partial charge in [-0.1, -0.05) is 13.8 Å². The van der Waals surface area contributed by atoms with Gasteiger partial charge in [0, 0.05) is 27.4 Å². The van der Waals surface area contributed by atoms with Crippen molar-refractivity contribution in [2.75, 3.05) is 80.8 Å². The third-order valence-electron chi connectivity index (χ3n) is 3.21. The molecule has 0 aromatic heterocycles. The number of nitrogens with one attached hydrogen (secondary N) is 4. The molecule has 0 heterocycles. The van der Waals surface area contributed by atoms with Crippen LogP contribution in [-0.2, 0) is 9.47 Å². The van der Waals surface area contributed by atoms with Gasteiger partial charge in [0.15, 0.2) is 0 Å². The van der Waals surface area contributed by atoms with Gasteiger partial charge in [-0.25, -0.2) is 0 Å². The molecule has 4 N–H and O–H groups in total. The molecule has 0 aromatic rings. The van der Waals surface area contributed by atoms with E-state index < -0.39 is 0 Å². The Hall–Kier alpha value is -0.240. The lowest BCUT2D eigenvalue weighted by Gasteiger charge is -2.03. The first-order valence-electron chi connectivity index (χ1n) is 10.0. The zero-order valence-electron chi connectivity index (χ0n) is 18.0. The summed E-state index contributed by atoms with van der Waals surface area (Å²) >= 11 is 0. The quantitative estimate of drug-likeness (QED) is 0.296. The van der Waals surface area contributed by atoms with Crippen molar-refractivity contribution in [1.82, 2.24) is 21.3 Å². The van der Waals surface area contributed by atoms with Gasteiger partial charge in [-0.05, 0) is 85.5 Å². The van der Waals surface area contributed by atoms with E-state index in [9.17, 15) is 0 Å². The summed E-state index contributed by atoms with van der Waals surface area (Å²) in [4.78, 5) is 0. The van der Waals surface area contributed by atoms with Crippen molar-refractivity contribution >= 4 is 0 Å². The van der Waals surface area contributed by atoms with Crippen LogP contribution >= 0.6 is 0 Å². The topological polar surface area (TPSA) is 66.6 Å². The van der Waals surface area contributed by atoms with Crippen molar-refractivity contribution < 1.29 is 9.47 Å². The summed E-state index contributed by atoms with van der Waals surface area (Å²) in [5.41, 5.74) is 0. The lowest BCUT2D eigenvalue weighted by molar-refractivity contribution is 0.194. The fourth-order valence-corrected chi connectivity index (χ4v) is 1.87. The number of methoxy groups -OCH3 is 2. The highest BCUT2D eigenvalue weighted by Gasteiger charge is 1.88. The van der Waals surface area contributed by atoms with E-state index in [1.165, 1.54) is 19.3 Å². The van der Waals surface area contributed by atoms with E-state index in [4.69, 9.17) is 9.47 Å². The third kappa shape index (κ3) is 40.1. The second-order valence-electron chi connectivity index (χ2n) is 5.46. The highest BCUT2D eigenvalue weighted by Crippen LogP contribution is 1.84. The highest BCUT2D eigenvalue weighted by atomic mass is 16.5. The van der Waals surface area contributed by atoms with E-state index >= 15 is 0 Å². The van der Waals surface area contributed by atoms with Crippen LogP contribution in [0.1, 0.15) is 46.0 Å². The summed E-state index contributed by atoms with van der Waals surface area (Å²) in [7, 11) is 7.45. The van der Waals surface area contributed by atoms with Gasteiger partial charge in [-0.2, -0.15) is 0 Å². The maximum atomic E-state index is 4.94. The molecule has 6 heteroatoms. The Morgan fingerprint density at radius 3 is 1.32 bits per heavy atom. The standard InChI is InChI=1S/C9H22N2O.C8H20N2O.C2H6/c1-10-6-3-4-7-11-8-5-9-12-2;1-9-5-3-6-10-7-4-8-11-2;1-2/h10-11H,3-9H2,1-2H3;9-10H,3-8H2,1-2H3;1-2H3. The largest absolute Gasteiger partial charge is 0.385 e. The Bertz CT molecular complexity index is 169. The van der Waals surface area contributed by atoms with Gasteiger partial charge >= 0.3 is 0 Å². The zero-order chi connectivity index (χ0) is 19.4. The van der Waals surface area contributed by atoms with Crippen LogP contribution in [0.25, 0.3) is 0 Å². The highest BCUT2D eigenvalue weighted by molar-refractivity contribution is 4.50. The van der Waals surface area contributed by atoms with Crippen molar-refractivity contribution in [2.24, 2.45) is 0 Å². The monoisotopic (exact) mass is 364 g/mol. The number of hydrogen-bond acceptors (Lipinski definition) is 6. The number of rotatable bonds is 17. The van der Waals surface area contributed by atoms with Gasteiger partial charge in [-0.3, -0.25) is 0 Å². The minimum Gasteiger partial charge on any atom is -0.385 e. The minimum absolute atomic E-state index is 0.860. The van der Waals surface area contributed by atoms with Crippen LogP contribution in [0.4, 0.5) is 0 Å². The fourth-order valence-electron chi connectivity index (χ4n) is 1.87. The number of unbranched alkanes of at least 4 members (excludes halogenated alkanes) is 1. The maximum absolute atomic E-state index is 4.94. The van der Waals surface area contributed by atoms with E-state index in [1.54, 1.807) is 14.2 Å². The Kier molecular flexibility index (Phi) is 41.3. The third-order valence-corrected chi connectivity index (χ3v) is 3.21. The van der Waals surface area contributed by atoms with Gasteiger partial charge in [0.05, 0.1) is 0 Å². The van der Waals surface area contributed by atoms with E-state index in [-0.39, 0.29) is 0 Å². The fraction of sp³-hybridized carbons (Fsp3) is 1.00. The molecule has 0 aliphatic rings.